The van der Waals surface area contributed by atoms with Crippen molar-refractivity contribution in [3.05, 3.63) is 65.5 Å². The number of nitrogens with one attached hydrogen (secondary N) is 2. The molecule has 132 valence electrons. The molecular formula is C17H17FN2O4S. The molecular weight excluding hydrogens is 347 g/mol. The molecule has 6 nitrogen and oxygen atoms in total. The molecule has 0 bridgehead atoms. The van der Waals surface area contributed by atoms with Crippen LogP contribution in [0.25, 0.3) is 0 Å². The summed E-state index contributed by atoms with van der Waals surface area (Å²) in [5.41, 5.74) is 5.37. The first-order valence-corrected chi connectivity index (χ1v) is 9.07. The third kappa shape index (κ3) is 5.39. The van der Waals surface area contributed by atoms with Crippen LogP contribution in [-0.4, -0.2) is 26.0 Å². The molecule has 2 amide bonds. The molecule has 0 unspecified atom stereocenters. The summed E-state index contributed by atoms with van der Waals surface area (Å²) in [5, 5.41) is 0. The van der Waals surface area contributed by atoms with Crippen LogP contribution in [0.3, 0.4) is 0 Å². The number of rotatable bonds is 5. The highest BCUT2D eigenvalue weighted by molar-refractivity contribution is 7.91. The Kier molecular flexibility index (Phi) is 5.87. The average Bonchev–Trinajstić information content (AvgIpc) is 2.59. The molecule has 0 aliphatic rings. The fourth-order valence-electron chi connectivity index (χ4n) is 1.95. The largest absolute Gasteiger partial charge is 0.273 e. The molecule has 0 aliphatic carbocycles. The van der Waals surface area contributed by atoms with Crippen molar-refractivity contribution in [2.75, 3.05) is 5.75 Å². The van der Waals surface area contributed by atoms with Crippen LogP contribution in [0.15, 0.2) is 53.4 Å². The first-order valence-electron chi connectivity index (χ1n) is 7.42. The molecule has 25 heavy (non-hydrogen) atoms. The predicted octanol–water partition coefficient (Wildman–Crippen LogP) is 1.76. The molecule has 0 radical (unpaired) electrons. The molecule has 0 aromatic heterocycles. The number of halogens is 1. The van der Waals surface area contributed by atoms with E-state index in [0.717, 1.165) is 17.7 Å². The zero-order valence-corrected chi connectivity index (χ0v) is 14.3. The summed E-state index contributed by atoms with van der Waals surface area (Å²) in [5.74, 6) is -2.14. The van der Waals surface area contributed by atoms with Gasteiger partial charge in [-0.05, 0) is 43.3 Å². The summed E-state index contributed by atoms with van der Waals surface area (Å²) in [7, 11) is -3.58. The van der Waals surface area contributed by atoms with Crippen molar-refractivity contribution in [3.8, 4) is 0 Å². The lowest BCUT2D eigenvalue weighted by Gasteiger charge is -2.08. The maximum atomic E-state index is 12.8. The van der Waals surface area contributed by atoms with E-state index in [1.165, 1.54) is 24.3 Å². The average molecular weight is 364 g/mol. The van der Waals surface area contributed by atoms with Gasteiger partial charge in [-0.25, -0.2) is 12.8 Å². The highest BCUT2D eigenvalue weighted by Gasteiger charge is 2.16. The zero-order valence-electron chi connectivity index (χ0n) is 13.5. The molecule has 0 spiro atoms. The Hall–Kier alpha value is -2.74. The smallest absolute Gasteiger partial charge is 0.269 e. The molecule has 2 aromatic rings. The van der Waals surface area contributed by atoms with Gasteiger partial charge in [-0.1, -0.05) is 17.7 Å². The fraction of sp³-hybridized carbons (Fsp3) is 0.176. The maximum Gasteiger partial charge on any atom is 0.269 e. The van der Waals surface area contributed by atoms with E-state index >= 15 is 0 Å². The lowest BCUT2D eigenvalue weighted by atomic mass is 10.2. The summed E-state index contributed by atoms with van der Waals surface area (Å²) in [6, 6.07) is 11.1. The summed E-state index contributed by atoms with van der Waals surface area (Å²) < 4.78 is 37.1. The minimum atomic E-state index is -3.58. The van der Waals surface area contributed by atoms with E-state index in [9.17, 15) is 22.4 Å². The third-order valence-corrected chi connectivity index (χ3v) is 5.13. The van der Waals surface area contributed by atoms with E-state index in [4.69, 9.17) is 0 Å². The van der Waals surface area contributed by atoms with Gasteiger partial charge in [0, 0.05) is 12.0 Å². The first-order chi connectivity index (χ1) is 11.8. The molecule has 2 aromatic carbocycles. The van der Waals surface area contributed by atoms with E-state index in [-0.39, 0.29) is 22.6 Å². The standard InChI is InChI=1S/C17H17FN2O4S/c1-12-2-8-15(9-3-12)25(23,24)11-10-16(21)19-20-17(22)13-4-6-14(18)7-5-13/h2-9H,10-11H2,1H3,(H,19,21)(H,20,22). The normalized spacial score (nSPS) is 11.0. The lowest BCUT2D eigenvalue weighted by Crippen LogP contribution is -2.42. The van der Waals surface area contributed by atoms with Gasteiger partial charge in [-0.15, -0.1) is 0 Å². The molecule has 2 rings (SSSR count). The van der Waals surface area contributed by atoms with E-state index in [0.29, 0.717) is 0 Å². The maximum absolute atomic E-state index is 12.8. The van der Waals surface area contributed by atoms with Crippen LogP contribution >= 0.6 is 0 Å². The van der Waals surface area contributed by atoms with Gasteiger partial charge in [0.1, 0.15) is 5.82 Å². The number of sulfone groups is 1. The van der Waals surface area contributed by atoms with Crippen molar-refractivity contribution in [1.82, 2.24) is 10.9 Å². The minimum Gasteiger partial charge on any atom is -0.273 e. The third-order valence-electron chi connectivity index (χ3n) is 3.40. The molecule has 0 saturated carbocycles. The summed E-state index contributed by atoms with van der Waals surface area (Å²) >= 11 is 0. The van der Waals surface area contributed by atoms with Gasteiger partial charge in [-0.3, -0.25) is 20.4 Å². The first kappa shape index (κ1) is 18.6. The highest BCUT2D eigenvalue weighted by atomic mass is 32.2. The Bertz CT molecular complexity index is 863. The van der Waals surface area contributed by atoms with Gasteiger partial charge in [0.05, 0.1) is 10.6 Å². The van der Waals surface area contributed by atoms with Crippen LogP contribution in [0, 0.1) is 12.7 Å². The Labute approximate surface area is 144 Å². The summed E-state index contributed by atoms with van der Waals surface area (Å²) in [6.07, 6.45) is -0.306. The van der Waals surface area contributed by atoms with E-state index in [1.54, 1.807) is 12.1 Å². The van der Waals surface area contributed by atoms with Crippen molar-refractivity contribution in [1.29, 1.82) is 0 Å². The Balaban J connectivity index is 1.85. The number of benzene rings is 2. The molecule has 8 heteroatoms. The van der Waals surface area contributed by atoms with Crippen molar-refractivity contribution < 1.29 is 22.4 Å². The van der Waals surface area contributed by atoms with Gasteiger partial charge in [0.2, 0.25) is 5.91 Å². The Morgan fingerprint density at radius 1 is 0.960 bits per heavy atom. The number of hydrazine groups is 1. The summed E-state index contributed by atoms with van der Waals surface area (Å²) in [4.78, 5) is 23.6. The molecule has 0 aliphatic heterocycles. The van der Waals surface area contributed by atoms with Crippen molar-refractivity contribution in [2.24, 2.45) is 0 Å². The molecule has 0 fully saturated rings. The number of hydrogen-bond acceptors (Lipinski definition) is 4. The minimum absolute atomic E-state index is 0.140. The number of hydrogen-bond donors (Lipinski definition) is 2. The number of carbonyl (C=O) groups excluding carboxylic acids is 2. The second kappa shape index (κ2) is 7.89. The van der Waals surface area contributed by atoms with Crippen molar-refractivity contribution in [3.63, 3.8) is 0 Å². The molecule has 0 heterocycles. The van der Waals surface area contributed by atoms with Crippen LogP contribution < -0.4 is 10.9 Å². The van der Waals surface area contributed by atoms with Gasteiger partial charge < -0.3 is 0 Å². The van der Waals surface area contributed by atoms with Gasteiger partial charge in [0.15, 0.2) is 9.84 Å². The predicted molar refractivity (Wildman–Crippen MR) is 89.9 cm³/mol. The van der Waals surface area contributed by atoms with Crippen LogP contribution in [0.5, 0.6) is 0 Å². The van der Waals surface area contributed by atoms with Crippen LogP contribution in [-0.2, 0) is 14.6 Å². The van der Waals surface area contributed by atoms with Crippen molar-refractivity contribution in [2.45, 2.75) is 18.2 Å². The van der Waals surface area contributed by atoms with Gasteiger partial charge in [-0.2, -0.15) is 0 Å². The Morgan fingerprint density at radius 2 is 1.56 bits per heavy atom. The van der Waals surface area contributed by atoms with Crippen LogP contribution in [0.2, 0.25) is 0 Å². The lowest BCUT2D eigenvalue weighted by molar-refractivity contribution is -0.121. The highest BCUT2D eigenvalue weighted by Crippen LogP contribution is 2.12. The monoisotopic (exact) mass is 364 g/mol. The molecule has 2 N–H and O–H groups in total. The quantitative estimate of drug-likeness (QED) is 0.791. The second-order valence-electron chi connectivity index (χ2n) is 5.39. The van der Waals surface area contributed by atoms with Crippen LogP contribution in [0.1, 0.15) is 22.3 Å². The van der Waals surface area contributed by atoms with E-state index in [1.807, 2.05) is 6.92 Å². The van der Waals surface area contributed by atoms with Gasteiger partial charge in [0.25, 0.3) is 5.91 Å². The second-order valence-corrected chi connectivity index (χ2v) is 7.50. The molecule has 0 atom stereocenters. The fourth-order valence-corrected chi connectivity index (χ4v) is 3.19. The van der Waals surface area contributed by atoms with Crippen molar-refractivity contribution >= 4 is 21.7 Å². The zero-order chi connectivity index (χ0) is 18.4. The van der Waals surface area contributed by atoms with Crippen LogP contribution in [0.4, 0.5) is 4.39 Å². The van der Waals surface area contributed by atoms with E-state index < -0.39 is 27.5 Å². The SMILES string of the molecule is Cc1ccc(S(=O)(=O)CCC(=O)NNC(=O)c2ccc(F)cc2)cc1. The number of amides is 2. The van der Waals surface area contributed by atoms with Gasteiger partial charge >= 0.3 is 0 Å². The number of carbonyl (C=O) groups is 2. The molecule has 0 saturated heterocycles. The Morgan fingerprint density at radius 3 is 2.16 bits per heavy atom. The number of aryl methyl sites for hydroxylation is 1. The summed E-state index contributed by atoms with van der Waals surface area (Å²) in [6.45, 7) is 1.84. The van der Waals surface area contributed by atoms with E-state index in [2.05, 4.69) is 10.9 Å². The topological polar surface area (TPSA) is 92.3 Å².